The molecule has 2 N–H and O–H groups in total. The number of aryl methyl sites for hydroxylation is 1. The molecule has 2 aromatic carbocycles. The van der Waals surface area contributed by atoms with E-state index < -0.39 is 0 Å². The van der Waals surface area contributed by atoms with E-state index in [9.17, 15) is 9.59 Å². The summed E-state index contributed by atoms with van der Waals surface area (Å²) in [6.07, 6.45) is 0.730. The van der Waals surface area contributed by atoms with Crippen LogP contribution in [0.1, 0.15) is 32.7 Å². The number of hydrogen-bond donors (Lipinski definition) is 2. The number of anilines is 1. The van der Waals surface area contributed by atoms with E-state index in [1.54, 1.807) is 43.5 Å². The molecule has 0 aliphatic rings. The maximum Gasteiger partial charge on any atom is 0.255 e. The Labute approximate surface area is 155 Å². The van der Waals surface area contributed by atoms with Gasteiger partial charge in [0.2, 0.25) is 0 Å². The van der Waals surface area contributed by atoms with Crippen molar-refractivity contribution in [3.05, 3.63) is 63.6 Å². The van der Waals surface area contributed by atoms with Gasteiger partial charge in [-0.2, -0.15) is 0 Å². The molecular weight excluding hydrogens is 384 g/mol. The number of nitrogens with one attached hydrogen (secondary N) is 2. The standard InChI is InChI=1S/C19H21BrN2O3/c1-13-8-9-14(12-16(13)20)18(23)22-17-7-4-3-6-15(17)19(24)21-10-5-11-25-2/h3-4,6-9,12H,5,10-11H2,1-2H3,(H,21,24)(H,22,23). The summed E-state index contributed by atoms with van der Waals surface area (Å²) < 4.78 is 5.83. The molecule has 5 nitrogen and oxygen atoms in total. The highest BCUT2D eigenvalue weighted by Gasteiger charge is 2.14. The van der Waals surface area contributed by atoms with Gasteiger partial charge in [-0.15, -0.1) is 0 Å². The minimum atomic E-state index is -0.264. The summed E-state index contributed by atoms with van der Waals surface area (Å²) in [5, 5.41) is 5.64. The molecule has 6 heteroatoms. The predicted octanol–water partition coefficient (Wildman–Crippen LogP) is 3.78. The molecule has 0 saturated carbocycles. The van der Waals surface area contributed by atoms with Crippen LogP contribution in [0.25, 0.3) is 0 Å². The van der Waals surface area contributed by atoms with E-state index >= 15 is 0 Å². The molecule has 0 spiro atoms. The average molecular weight is 405 g/mol. The second kappa shape index (κ2) is 9.34. The van der Waals surface area contributed by atoms with E-state index in [-0.39, 0.29) is 11.8 Å². The zero-order chi connectivity index (χ0) is 18.2. The van der Waals surface area contributed by atoms with Crippen molar-refractivity contribution in [2.45, 2.75) is 13.3 Å². The van der Waals surface area contributed by atoms with Crippen molar-refractivity contribution in [1.82, 2.24) is 5.32 Å². The molecule has 0 saturated heterocycles. The maximum absolute atomic E-state index is 12.5. The van der Waals surface area contributed by atoms with Crippen LogP contribution in [0.15, 0.2) is 46.9 Å². The Morgan fingerprint density at radius 1 is 1.12 bits per heavy atom. The van der Waals surface area contributed by atoms with Gasteiger partial charge in [-0.1, -0.05) is 34.1 Å². The third kappa shape index (κ3) is 5.41. The molecule has 25 heavy (non-hydrogen) atoms. The first-order valence-electron chi connectivity index (χ1n) is 7.96. The molecule has 0 atom stereocenters. The smallest absolute Gasteiger partial charge is 0.255 e. The summed E-state index contributed by atoms with van der Waals surface area (Å²) in [4.78, 5) is 24.8. The first-order chi connectivity index (χ1) is 12.0. The topological polar surface area (TPSA) is 67.4 Å². The fourth-order valence-electron chi connectivity index (χ4n) is 2.23. The van der Waals surface area contributed by atoms with E-state index in [0.717, 1.165) is 16.5 Å². The number of halogens is 1. The third-order valence-corrected chi connectivity index (χ3v) is 4.52. The second-order valence-electron chi connectivity index (χ2n) is 5.57. The fraction of sp³-hybridized carbons (Fsp3) is 0.263. The minimum absolute atomic E-state index is 0.225. The quantitative estimate of drug-likeness (QED) is 0.689. The molecular formula is C19H21BrN2O3. The van der Waals surface area contributed by atoms with Gasteiger partial charge < -0.3 is 15.4 Å². The summed E-state index contributed by atoms with van der Waals surface area (Å²) in [5.41, 5.74) is 2.48. The zero-order valence-corrected chi connectivity index (χ0v) is 15.9. The number of benzene rings is 2. The SMILES string of the molecule is COCCCNC(=O)c1ccccc1NC(=O)c1ccc(C)c(Br)c1. The van der Waals surface area contributed by atoms with E-state index in [4.69, 9.17) is 4.74 Å². The Balaban J connectivity index is 2.10. The average Bonchev–Trinajstić information content (AvgIpc) is 2.61. The van der Waals surface area contributed by atoms with Crippen LogP contribution in [-0.2, 0) is 4.74 Å². The predicted molar refractivity (Wildman–Crippen MR) is 102 cm³/mol. The van der Waals surface area contributed by atoms with E-state index in [0.29, 0.717) is 30.0 Å². The van der Waals surface area contributed by atoms with Crippen molar-refractivity contribution in [2.75, 3.05) is 25.6 Å². The monoisotopic (exact) mass is 404 g/mol. The Morgan fingerprint density at radius 3 is 2.60 bits per heavy atom. The molecule has 0 radical (unpaired) electrons. The fourth-order valence-corrected chi connectivity index (χ4v) is 2.61. The van der Waals surface area contributed by atoms with Gasteiger partial charge in [-0.3, -0.25) is 9.59 Å². The van der Waals surface area contributed by atoms with Gasteiger partial charge >= 0.3 is 0 Å². The first-order valence-corrected chi connectivity index (χ1v) is 8.76. The van der Waals surface area contributed by atoms with Crippen molar-refractivity contribution in [1.29, 1.82) is 0 Å². The Morgan fingerprint density at radius 2 is 1.88 bits per heavy atom. The summed E-state index contributed by atoms with van der Waals surface area (Å²) in [6.45, 7) is 3.05. The number of hydrogen-bond acceptors (Lipinski definition) is 3. The molecule has 0 aromatic heterocycles. The summed E-state index contributed by atoms with van der Waals surface area (Å²) in [7, 11) is 1.62. The van der Waals surface area contributed by atoms with E-state index in [1.165, 1.54) is 0 Å². The molecule has 2 amide bonds. The highest BCUT2D eigenvalue weighted by atomic mass is 79.9. The molecule has 132 valence electrons. The number of rotatable bonds is 7. The highest BCUT2D eigenvalue weighted by Crippen LogP contribution is 2.20. The van der Waals surface area contributed by atoms with Crippen LogP contribution < -0.4 is 10.6 Å². The molecule has 0 heterocycles. The lowest BCUT2D eigenvalue weighted by atomic mass is 10.1. The lowest BCUT2D eigenvalue weighted by Gasteiger charge is -2.12. The minimum Gasteiger partial charge on any atom is -0.385 e. The van der Waals surface area contributed by atoms with Gasteiger partial charge in [-0.05, 0) is 43.2 Å². The lowest BCUT2D eigenvalue weighted by molar-refractivity contribution is 0.0949. The highest BCUT2D eigenvalue weighted by molar-refractivity contribution is 9.10. The van der Waals surface area contributed by atoms with Gasteiger partial charge in [0.15, 0.2) is 0 Å². The summed E-state index contributed by atoms with van der Waals surface area (Å²) >= 11 is 3.42. The van der Waals surface area contributed by atoms with Crippen LogP contribution in [-0.4, -0.2) is 32.1 Å². The summed E-state index contributed by atoms with van der Waals surface area (Å²) in [6, 6.07) is 12.3. The molecule has 2 rings (SSSR count). The summed E-state index contributed by atoms with van der Waals surface area (Å²) in [5.74, 6) is -0.488. The van der Waals surface area contributed by atoms with Crippen LogP contribution in [0, 0.1) is 6.92 Å². The molecule has 0 aliphatic carbocycles. The Bertz CT molecular complexity index is 762. The van der Waals surface area contributed by atoms with E-state index in [2.05, 4.69) is 26.6 Å². The van der Waals surface area contributed by atoms with Crippen molar-refractivity contribution in [3.8, 4) is 0 Å². The molecule has 0 unspecified atom stereocenters. The number of amides is 2. The Kier molecular flexibility index (Phi) is 7.16. The van der Waals surface area contributed by atoms with Gasteiger partial charge in [0.1, 0.15) is 0 Å². The van der Waals surface area contributed by atoms with Gasteiger partial charge in [0.05, 0.1) is 11.3 Å². The molecule has 0 aliphatic heterocycles. The number of methoxy groups -OCH3 is 1. The van der Waals surface area contributed by atoms with Crippen LogP contribution in [0.5, 0.6) is 0 Å². The maximum atomic E-state index is 12.5. The van der Waals surface area contributed by atoms with Crippen LogP contribution in [0.4, 0.5) is 5.69 Å². The Hall–Kier alpha value is -2.18. The zero-order valence-electron chi connectivity index (χ0n) is 14.3. The van der Waals surface area contributed by atoms with Crippen molar-refractivity contribution < 1.29 is 14.3 Å². The number of carbonyl (C=O) groups excluding carboxylic acids is 2. The second-order valence-corrected chi connectivity index (χ2v) is 6.42. The third-order valence-electron chi connectivity index (χ3n) is 3.66. The van der Waals surface area contributed by atoms with Crippen molar-refractivity contribution in [2.24, 2.45) is 0 Å². The lowest BCUT2D eigenvalue weighted by Crippen LogP contribution is -2.26. The number of para-hydroxylation sites is 1. The number of carbonyl (C=O) groups is 2. The molecule has 2 aromatic rings. The van der Waals surface area contributed by atoms with Crippen LogP contribution in [0.2, 0.25) is 0 Å². The van der Waals surface area contributed by atoms with Gasteiger partial charge in [-0.25, -0.2) is 0 Å². The van der Waals surface area contributed by atoms with Crippen molar-refractivity contribution in [3.63, 3.8) is 0 Å². The first kappa shape index (κ1) is 19.1. The van der Waals surface area contributed by atoms with Gasteiger partial charge in [0, 0.05) is 30.3 Å². The molecule has 0 bridgehead atoms. The van der Waals surface area contributed by atoms with Gasteiger partial charge in [0.25, 0.3) is 11.8 Å². The van der Waals surface area contributed by atoms with Crippen molar-refractivity contribution >= 4 is 33.4 Å². The van der Waals surface area contributed by atoms with E-state index in [1.807, 2.05) is 13.0 Å². The van der Waals surface area contributed by atoms with Crippen LogP contribution in [0.3, 0.4) is 0 Å². The number of ether oxygens (including phenoxy) is 1. The van der Waals surface area contributed by atoms with Crippen LogP contribution >= 0.6 is 15.9 Å². The normalized spacial score (nSPS) is 10.4. The largest absolute Gasteiger partial charge is 0.385 e. The molecule has 0 fully saturated rings.